The summed E-state index contributed by atoms with van der Waals surface area (Å²) in [7, 11) is 0. The molecule has 2 aromatic rings. The number of hydrogen-bond donors (Lipinski definition) is 1. The Hall–Kier alpha value is -2.27. The van der Waals surface area contributed by atoms with Crippen molar-refractivity contribution in [2.75, 3.05) is 36.4 Å². The van der Waals surface area contributed by atoms with Crippen molar-refractivity contribution in [3.63, 3.8) is 0 Å². The molecule has 28 heavy (non-hydrogen) atoms. The van der Waals surface area contributed by atoms with Crippen molar-refractivity contribution >= 4 is 28.9 Å². The van der Waals surface area contributed by atoms with Crippen LogP contribution in [0, 0.1) is 0 Å². The highest BCUT2D eigenvalue weighted by Gasteiger charge is 2.23. The molecule has 2 aliphatic rings. The Bertz CT molecular complexity index is 814. The van der Waals surface area contributed by atoms with Gasteiger partial charge in [-0.2, -0.15) is 0 Å². The molecule has 1 aromatic heterocycles. The molecule has 0 unspecified atom stereocenters. The molecule has 1 saturated carbocycles. The lowest BCUT2D eigenvalue weighted by Crippen LogP contribution is -2.48. The lowest BCUT2D eigenvalue weighted by atomic mass is 9.95. The third kappa shape index (κ3) is 4.58. The van der Waals surface area contributed by atoms with E-state index in [2.05, 4.69) is 21.3 Å². The molecule has 1 aliphatic heterocycles. The van der Waals surface area contributed by atoms with E-state index in [0.717, 1.165) is 29.5 Å². The van der Waals surface area contributed by atoms with Crippen LogP contribution >= 0.6 is 11.6 Å². The summed E-state index contributed by atoms with van der Waals surface area (Å²) in [5.41, 5.74) is 2.73. The van der Waals surface area contributed by atoms with Crippen molar-refractivity contribution in [1.82, 2.24) is 9.88 Å². The van der Waals surface area contributed by atoms with Gasteiger partial charge in [-0.1, -0.05) is 36.9 Å². The van der Waals surface area contributed by atoms with Crippen LogP contribution in [0.15, 0.2) is 42.7 Å². The fourth-order valence-electron chi connectivity index (χ4n) is 4.14. The van der Waals surface area contributed by atoms with Crippen molar-refractivity contribution in [3.05, 3.63) is 53.3 Å². The highest BCUT2D eigenvalue weighted by Crippen LogP contribution is 2.23. The van der Waals surface area contributed by atoms with E-state index in [-0.39, 0.29) is 5.91 Å². The average molecular weight is 399 g/mol. The molecular formula is C22H27ClN4O. The Morgan fingerprint density at radius 2 is 1.82 bits per heavy atom. The first-order chi connectivity index (χ1) is 13.7. The highest BCUT2D eigenvalue weighted by molar-refractivity contribution is 6.30. The summed E-state index contributed by atoms with van der Waals surface area (Å²) < 4.78 is 0. The van der Waals surface area contributed by atoms with E-state index in [1.807, 2.05) is 35.4 Å². The van der Waals surface area contributed by atoms with Gasteiger partial charge in [-0.3, -0.25) is 9.78 Å². The van der Waals surface area contributed by atoms with Crippen LogP contribution in [0.3, 0.4) is 0 Å². The lowest BCUT2D eigenvalue weighted by molar-refractivity contribution is 0.0746. The second-order valence-corrected chi connectivity index (χ2v) is 8.14. The number of anilines is 2. The van der Waals surface area contributed by atoms with Gasteiger partial charge in [0.05, 0.1) is 11.3 Å². The van der Waals surface area contributed by atoms with Gasteiger partial charge in [0, 0.05) is 55.3 Å². The van der Waals surface area contributed by atoms with Crippen LogP contribution in [-0.4, -0.2) is 48.0 Å². The summed E-state index contributed by atoms with van der Waals surface area (Å²) in [4.78, 5) is 21.5. The van der Waals surface area contributed by atoms with Crippen LogP contribution in [0.5, 0.6) is 0 Å². The van der Waals surface area contributed by atoms with E-state index in [1.54, 1.807) is 6.20 Å². The summed E-state index contributed by atoms with van der Waals surface area (Å²) in [6.07, 6.45) is 9.78. The monoisotopic (exact) mass is 398 g/mol. The number of rotatable bonds is 4. The van der Waals surface area contributed by atoms with Gasteiger partial charge in [-0.25, -0.2) is 0 Å². The third-order valence-electron chi connectivity index (χ3n) is 5.70. The molecule has 1 aliphatic carbocycles. The fourth-order valence-corrected chi connectivity index (χ4v) is 4.33. The first-order valence-electron chi connectivity index (χ1n) is 10.2. The SMILES string of the molecule is O=C(c1cncc(NC2CCCCC2)c1)N1CCN(c2cccc(Cl)c2)CC1. The Morgan fingerprint density at radius 3 is 2.57 bits per heavy atom. The number of halogens is 1. The van der Waals surface area contributed by atoms with Gasteiger partial charge in [0.1, 0.15) is 0 Å². The first-order valence-corrected chi connectivity index (χ1v) is 10.6. The molecule has 0 radical (unpaired) electrons. The van der Waals surface area contributed by atoms with Crippen molar-refractivity contribution in [2.45, 2.75) is 38.1 Å². The van der Waals surface area contributed by atoms with E-state index in [0.29, 0.717) is 24.7 Å². The molecule has 2 heterocycles. The van der Waals surface area contributed by atoms with Gasteiger partial charge in [0.15, 0.2) is 0 Å². The number of nitrogens with one attached hydrogen (secondary N) is 1. The van der Waals surface area contributed by atoms with Crippen molar-refractivity contribution in [3.8, 4) is 0 Å². The number of hydrogen-bond acceptors (Lipinski definition) is 4. The largest absolute Gasteiger partial charge is 0.381 e. The average Bonchev–Trinajstić information content (AvgIpc) is 2.74. The Morgan fingerprint density at radius 1 is 1.04 bits per heavy atom. The van der Waals surface area contributed by atoms with Gasteiger partial charge in [-0.05, 0) is 37.1 Å². The zero-order valence-electron chi connectivity index (χ0n) is 16.1. The lowest BCUT2D eigenvalue weighted by Gasteiger charge is -2.36. The number of amides is 1. The molecule has 4 rings (SSSR count). The standard InChI is InChI=1S/C22H27ClN4O/c23-18-5-4-8-21(14-18)26-9-11-27(12-10-26)22(28)17-13-20(16-24-15-17)25-19-6-2-1-3-7-19/h4-5,8,13-16,19,25H,1-3,6-7,9-12H2. The smallest absolute Gasteiger partial charge is 0.255 e. The zero-order valence-corrected chi connectivity index (χ0v) is 16.9. The third-order valence-corrected chi connectivity index (χ3v) is 5.94. The number of pyridine rings is 1. The van der Waals surface area contributed by atoms with Gasteiger partial charge >= 0.3 is 0 Å². The molecular weight excluding hydrogens is 372 g/mol. The second kappa shape index (κ2) is 8.82. The van der Waals surface area contributed by atoms with Crippen LogP contribution in [0.25, 0.3) is 0 Å². The minimum atomic E-state index is 0.0607. The minimum absolute atomic E-state index is 0.0607. The molecule has 0 spiro atoms. The second-order valence-electron chi connectivity index (χ2n) is 7.70. The van der Waals surface area contributed by atoms with Crippen molar-refractivity contribution in [2.24, 2.45) is 0 Å². The van der Waals surface area contributed by atoms with Gasteiger partial charge in [0.25, 0.3) is 5.91 Å². The van der Waals surface area contributed by atoms with Gasteiger partial charge in [0.2, 0.25) is 0 Å². The number of carbonyl (C=O) groups excluding carboxylic acids is 1. The number of aromatic nitrogens is 1. The Labute approximate surface area is 171 Å². The molecule has 5 nitrogen and oxygen atoms in total. The van der Waals surface area contributed by atoms with Crippen LogP contribution in [0.2, 0.25) is 5.02 Å². The first kappa shape index (κ1) is 19.1. The number of benzene rings is 1. The van der Waals surface area contributed by atoms with Crippen LogP contribution in [0.4, 0.5) is 11.4 Å². The van der Waals surface area contributed by atoms with E-state index in [4.69, 9.17) is 11.6 Å². The number of nitrogens with zero attached hydrogens (tertiary/aromatic N) is 3. The summed E-state index contributed by atoms with van der Waals surface area (Å²) in [6, 6.07) is 10.3. The maximum atomic E-state index is 13.0. The van der Waals surface area contributed by atoms with Crippen molar-refractivity contribution < 1.29 is 4.79 Å². The summed E-state index contributed by atoms with van der Waals surface area (Å²) >= 11 is 6.10. The minimum Gasteiger partial charge on any atom is -0.381 e. The molecule has 0 bridgehead atoms. The topological polar surface area (TPSA) is 48.5 Å². The summed E-state index contributed by atoms with van der Waals surface area (Å²) in [5.74, 6) is 0.0607. The maximum Gasteiger partial charge on any atom is 0.255 e. The zero-order chi connectivity index (χ0) is 19.3. The normalized spacial score (nSPS) is 18.2. The molecule has 1 N–H and O–H groups in total. The molecule has 1 aromatic carbocycles. The molecule has 1 saturated heterocycles. The predicted octanol–water partition coefficient (Wildman–Crippen LogP) is 4.44. The van der Waals surface area contributed by atoms with E-state index in [9.17, 15) is 4.79 Å². The molecule has 148 valence electrons. The summed E-state index contributed by atoms with van der Waals surface area (Å²) in [6.45, 7) is 3.01. The summed E-state index contributed by atoms with van der Waals surface area (Å²) in [5, 5.41) is 4.30. The Kier molecular flexibility index (Phi) is 6.01. The molecule has 6 heteroatoms. The van der Waals surface area contributed by atoms with Gasteiger partial charge < -0.3 is 15.1 Å². The number of carbonyl (C=O) groups is 1. The van der Waals surface area contributed by atoms with Crippen LogP contribution in [0.1, 0.15) is 42.5 Å². The fraction of sp³-hybridized carbons (Fsp3) is 0.455. The molecule has 1 amide bonds. The maximum absolute atomic E-state index is 13.0. The van der Waals surface area contributed by atoms with Crippen molar-refractivity contribution in [1.29, 1.82) is 0 Å². The predicted molar refractivity (Wildman–Crippen MR) is 114 cm³/mol. The quantitative estimate of drug-likeness (QED) is 0.826. The van der Waals surface area contributed by atoms with Gasteiger partial charge in [-0.15, -0.1) is 0 Å². The number of piperazine rings is 1. The van der Waals surface area contributed by atoms with E-state index in [1.165, 1.54) is 32.1 Å². The molecule has 2 fully saturated rings. The van der Waals surface area contributed by atoms with Crippen LogP contribution < -0.4 is 10.2 Å². The van der Waals surface area contributed by atoms with Crippen LogP contribution in [-0.2, 0) is 0 Å². The van der Waals surface area contributed by atoms with E-state index < -0.39 is 0 Å². The highest BCUT2D eigenvalue weighted by atomic mass is 35.5. The molecule has 0 atom stereocenters. The van der Waals surface area contributed by atoms with E-state index >= 15 is 0 Å². The Balaban J connectivity index is 1.36.